The lowest BCUT2D eigenvalue weighted by atomic mass is 10.0. The zero-order valence-electron chi connectivity index (χ0n) is 12.3. The zero-order valence-corrected chi connectivity index (χ0v) is 12.3. The third-order valence-corrected chi connectivity index (χ3v) is 4.54. The fourth-order valence-corrected chi connectivity index (χ4v) is 3.36. The Morgan fingerprint density at radius 1 is 1.14 bits per heavy atom. The number of hydrogen-bond donors (Lipinski definition) is 2. The standard InChI is InChI=1S/C17H21N3O/c1-20(12-6-2-3-7-12)16-11-10-15(17(18)19-21)13-8-4-5-9-14(13)16/h4-5,8-12,21H,2-3,6-7H2,1H3,(H2,18,19). The van der Waals surface area contributed by atoms with Crippen molar-refractivity contribution in [1.82, 2.24) is 0 Å². The highest BCUT2D eigenvalue weighted by molar-refractivity contribution is 6.11. The van der Waals surface area contributed by atoms with Crippen LogP contribution in [0.4, 0.5) is 5.69 Å². The molecule has 1 saturated carbocycles. The van der Waals surface area contributed by atoms with Gasteiger partial charge in [-0.3, -0.25) is 0 Å². The molecular formula is C17H21N3O. The molecule has 4 heteroatoms. The number of nitrogens with two attached hydrogens (primary N) is 1. The van der Waals surface area contributed by atoms with Crippen molar-refractivity contribution in [1.29, 1.82) is 0 Å². The first-order valence-electron chi connectivity index (χ1n) is 7.45. The van der Waals surface area contributed by atoms with E-state index < -0.39 is 0 Å². The second-order valence-electron chi connectivity index (χ2n) is 5.71. The van der Waals surface area contributed by atoms with Gasteiger partial charge in [0.15, 0.2) is 5.84 Å². The molecule has 0 radical (unpaired) electrons. The maximum absolute atomic E-state index is 8.95. The van der Waals surface area contributed by atoms with Crippen LogP contribution >= 0.6 is 0 Å². The summed E-state index contributed by atoms with van der Waals surface area (Å²) in [5.74, 6) is 0.154. The number of fused-ring (bicyclic) bond motifs is 1. The average Bonchev–Trinajstić information content (AvgIpc) is 3.07. The Morgan fingerprint density at radius 2 is 1.81 bits per heavy atom. The molecule has 2 aromatic carbocycles. The molecule has 1 aliphatic carbocycles. The van der Waals surface area contributed by atoms with E-state index in [1.807, 2.05) is 24.3 Å². The summed E-state index contributed by atoms with van der Waals surface area (Å²) < 4.78 is 0. The Hall–Kier alpha value is -2.23. The van der Waals surface area contributed by atoms with Crippen molar-refractivity contribution in [2.45, 2.75) is 31.7 Å². The van der Waals surface area contributed by atoms with E-state index in [1.54, 1.807) is 0 Å². The number of amidine groups is 1. The molecular weight excluding hydrogens is 262 g/mol. The van der Waals surface area contributed by atoms with Gasteiger partial charge in [-0.2, -0.15) is 0 Å². The van der Waals surface area contributed by atoms with E-state index in [9.17, 15) is 0 Å². The third-order valence-electron chi connectivity index (χ3n) is 4.54. The van der Waals surface area contributed by atoms with Gasteiger partial charge in [0.1, 0.15) is 0 Å². The second-order valence-corrected chi connectivity index (χ2v) is 5.71. The molecule has 0 amide bonds. The monoisotopic (exact) mass is 283 g/mol. The van der Waals surface area contributed by atoms with Crippen LogP contribution in [0.1, 0.15) is 31.2 Å². The minimum Gasteiger partial charge on any atom is -0.409 e. The lowest BCUT2D eigenvalue weighted by Crippen LogP contribution is -2.29. The maximum Gasteiger partial charge on any atom is 0.170 e. The Kier molecular flexibility index (Phi) is 3.69. The molecule has 0 bridgehead atoms. The maximum atomic E-state index is 8.95. The van der Waals surface area contributed by atoms with E-state index in [1.165, 1.54) is 31.4 Å². The molecule has 0 heterocycles. The lowest BCUT2D eigenvalue weighted by Gasteiger charge is -2.28. The summed E-state index contributed by atoms with van der Waals surface area (Å²) >= 11 is 0. The number of hydrogen-bond acceptors (Lipinski definition) is 3. The topological polar surface area (TPSA) is 61.8 Å². The molecule has 110 valence electrons. The van der Waals surface area contributed by atoms with E-state index in [0.29, 0.717) is 6.04 Å². The third kappa shape index (κ3) is 2.42. The van der Waals surface area contributed by atoms with Gasteiger partial charge in [0.25, 0.3) is 0 Å². The predicted octanol–water partition coefficient (Wildman–Crippen LogP) is 3.31. The van der Waals surface area contributed by atoms with Gasteiger partial charge in [-0.15, -0.1) is 0 Å². The highest BCUT2D eigenvalue weighted by atomic mass is 16.4. The second kappa shape index (κ2) is 5.64. The van der Waals surface area contributed by atoms with Gasteiger partial charge in [-0.1, -0.05) is 42.3 Å². The summed E-state index contributed by atoms with van der Waals surface area (Å²) in [4.78, 5) is 2.38. The van der Waals surface area contributed by atoms with Crippen LogP contribution in [0.2, 0.25) is 0 Å². The molecule has 21 heavy (non-hydrogen) atoms. The fraction of sp³-hybridized carbons (Fsp3) is 0.353. The highest BCUT2D eigenvalue weighted by Gasteiger charge is 2.21. The Bertz CT molecular complexity index is 675. The van der Waals surface area contributed by atoms with Crippen molar-refractivity contribution < 1.29 is 5.21 Å². The number of rotatable bonds is 3. The van der Waals surface area contributed by atoms with Gasteiger partial charge in [0.2, 0.25) is 0 Å². The predicted molar refractivity (Wildman–Crippen MR) is 87.1 cm³/mol. The Balaban J connectivity index is 2.12. The summed E-state index contributed by atoms with van der Waals surface area (Å²) in [5.41, 5.74) is 7.78. The molecule has 4 nitrogen and oxygen atoms in total. The number of anilines is 1. The van der Waals surface area contributed by atoms with Gasteiger partial charge in [0.05, 0.1) is 0 Å². The SMILES string of the molecule is CN(c1ccc(/C(N)=N/O)c2ccccc12)C1CCCC1. The quantitative estimate of drug-likeness (QED) is 0.393. The highest BCUT2D eigenvalue weighted by Crippen LogP contribution is 2.33. The fourth-order valence-electron chi connectivity index (χ4n) is 3.36. The number of nitrogens with zero attached hydrogens (tertiary/aromatic N) is 2. The summed E-state index contributed by atoms with van der Waals surface area (Å²) in [7, 11) is 2.17. The summed E-state index contributed by atoms with van der Waals surface area (Å²) in [5, 5.41) is 14.3. The zero-order chi connectivity index (χ0) is 14.8. The largest absolute Gasteiger partial charge is 0.409 e. The van der Waals surface area contributed by atoms with Crippen LogP contribution in [0.5, 0.6) is 0 Å². The van der Waals surface area contributed by atoms with Crippen molar-refractivity contribution in [3.63, 3.8) is 0 Å². The van der Waals surface area contributed by atoms with Crippen LogP contribution in [0.15, 0.2) is 41.6 Å². The van der Waals surface area contributed by atoms with Gasteiger partial charge in [-0.25, -0.2) is 0 Å². The van der Waals surface area contributed by atoms with Crippen LogP contribution < -0.4 is 10.6 Å². The average molecular weight is 283 g/mol. The first kappa shape index (κ1) is 13.7. The Morgan fingerprint density at radius 3 is 2.48 bits per heavy atom. The van der Waals surface area contributed by atoms with Crippen molar-refractivity contribution in [2.75, 3.05) is 11.9 Å². The smallest absolute Gasteiger partial charge is 0.170 e. The van der Waals surface area contributed by atoms with Crippen LogP contribution in [-0.4, -0.2) is 24.1 Å². The van der Waals surface area contributed by atoms with Crippen molar-refractivity contribution in [3.05, 3.63) is 42.0 Å². The van der Waals surface area contributed by atoms with E-state index >= 15 is 0 Å². The van der Waals surface area contributed by atoms with Gasteiger partial charge >= 0.3 is 0 Å². The van der Waals surface area contributed by atoms with Crippen LogP contribution in [-0.2, 0) is 0 Å². The van der Waals surface area contributed by atoms with E-state index in [0.717, 1.165) is 16.3 Å². The van der Waals surface area contributed by atoms with Gasteiger partial charge in [0, 0.05) is 29.7 Å². The molecule has 0 atom stereocenters. The molecule has 3 N–H and O–H groups in total. The first-order valence-corrected chi connectivity index (χ1v) is 7.45. The van der Waals surface area contributed by atoms with Crippen LogP contribution in [0.25, 0.3) is 10.8 Å². The number of oxime groups is 1. The number of benzene rings is 2. The molecule has 0 unspecified atom stereocenters. The van der Waals surface area contributed by atoms with Gasteiger partial charge in [-0.05, 0) is 30.4 Å². The summed E-state index contributed by atoms with van der Waals surface area (Å²) in [6.07, 6.45) is 5.14. The Labute approximate surface area is 124 Å². The van der Waals surface area contributed by atoms with Crippen molar-refractivity contribution in [2.24, 2.45) is 10.9 Å². The molecule has 0 aromatic heterocycles. The lowest BCUT2D eigenvalue weighted by molar-refractivity contribution is 0.318. The normalized spacial score (nSPS) is 16.5. The van der Waals surface area contributed by atoms with E-state index in [-0.39, 0.29) is 5.84 Å². The first-order chi connectivity index (χ1) is 10.2. The summed E-state index contributed by atoms with van der Waals surface area (Å²) in [6.45, 7) is 0. The molecule has 1 fully saturated rings. The van der Waals surface area contributed by atoms with E-state index in [4.69, 9.17) is 10.9 Å². The molecule has 2 aromatic rings. The van der Waals surface area contributed by atoms with Crippen molar-refractivity contribution in [3.8, 4) is 0 Å². The van der Waals surface area contributed by atoms with Gasteiger partial charge < -0.3 is 15.8 Å². The van der Waals surface area contributed by atoms with E-state index in [2.05, 4.69) is 29.2 Å². The molecule has 0 aliphatic heterocycles. The molecule has 1 aliphatic rings. The van der Waals surface area contributed by atoms with Crippen LogP contribution in [0.3, 0.4) is 0 Å². The molecule has 0 saturated heterocycles. The van der Waals surface area contributed by atoms with Crippen molar-refractivity contribution >= 4 is 22.3 Å². The molecule has 3 rings (SSSR count). The molecule has 0 spiro atoms. The van der Waals surface area contributed by atoms with Crippen LogP contribution in [0, 0.1) is 0 Å². The minimum absolute atomic E-state index is 0.154. The minimum atomic E-state index is 0.154. The summed E-state index contributed by atoms with van der Waals surface area (Å²) in [6, 6.07) is 12.8.